The van der Waals surface area contributed by atoms with Gasteiger partial charge in [0.1, 0.15) is 5.82 Å². The summed E-state index contributed by atoms with van der Waals surface area (Å²) in [6, 6.07) is 2.27. The lowest BCUT2D eigenvalue weighted by Gasteiger charge is -2.21. The van der Waals surface area contributed by atoms with Crippen LogP contribution in [0, 0.1) is 6.92 Å². The number of nitrogens with one attached hydrogen (secondary N) is 1. The molecule has 0 bridgehead atoms. The maximum Gasteiger partial charge on any atom is 0.128 e. The van der Waals surface area contributed by atoms with Crippen LogP contribution in [0.1, 0.15) is 36.9 Å². The van der Waals surface area contributed by atoms with Crippen molar-refractivity contribution in [2.75, 3.05) is 26.0 Å². The van der Waals surface area contributed by atoms with E-state index in [2.05, 4.69) is 24.1 Å². The van der Waals surface area contributed by atoms with E-state index in [9.17, 15) is 0 Å². The van der Waals surface area contributed by atoms with Gasteiger partial charge < -0.3 is 15.8 Å². The third kappa shape index (κ3) is 3.98. The smallest absolute Gasteiger partial charge is 0.128 e. The largest absolute Gasteiger partial charge is 0.385 e. The van der Waals surface area contributed by atoms with Crippen molar-refractivity contribution in [2.24, 2.45) is 0 Å². The molecule has 0 radical (unpaired) electrons. The van der Waals surface area contributed by atoms with Crippen molar-refractivity contribution in [3.63, 3.8) is 0 Å². The number of ether oxygens (including phenoxy) is 1. The minimum absolute atomic E-state index is 0.267. The van der Waals surface area contributed by atoms with Crippen molar-refractivity contribution >= 4 is 5.82 Å². The fourth-order valence-electron chi connectivity index (χ4n) is 2.07. The molecule has 1 aromatic heterocycles. The van der Waals surface area contributed by atoms with Gasteiger partial charge in [-0.05, 0) is 37.9 Å². The monoisotopic (exact) mass is 237 g/mol. The zero-order valence-electron chi connectivity index (χ0n) is 11.0. The second-order valence-corrected chi connectivity index (χ2v) is 4.17. The molecule has 0 amide bonds. The van der Waals surface area contributed by atoms with Crippen LogP contribution in [-0.4, -0.2) is 25.2 Å². The van der Waals surface area contributed by atoms with Crippen LogP contribution in [0.3, 0.4) is 0 Å². The molecule has 0 fully saturated rings. The first kappa shape index (κ1) is 13.9. The third-order valence-corrected chi connectivity index (χ3v) is 2.88. The van der Waals surface area contributed by atoms with E-state index < -0.39 is 0 Å². The second kappa shape index (κ2) is 7.25. The van der Waals surface area contributed by atoms with E-state index in [-0.39, 0.29) is 6.04 Å². The average molecular weight is 237 g/mol. The van der Waals surface area contributed by atoms with E-state index in [1.54, 1.807) is 13.3 Å². The number of aryl methyl sites for hydroxylation is 1. The van der Waals surface area contributed by atoms with Crippen molar-refractivity contribution in [3.05, 3.63) is 23.4 Å². The Labute approximate surface area is 104 Å². The summed E-state index contributed by atoms with van der Waals surface area (Å²) >= 11 is 0. The van der Waals surface area contributed by atoms with Gasteiger partial charge in [0.2, 0.25) is 0 Å². The van der Waals surface area contributed by atoms with Gasteiger partial charge in [0.25, 0.3) is 0 Å². The Hall–Kier alpha value is -1.13. The van der Waals surface area contributed by atoms with Crippen LogP contribution >= 0.6 is 0 Å². The molecule has 4 nitrogen and oxygen atoms in total. The summed E-state index contributed by atoms with van der Waals surface area (Å²) in [7, 11) is 1.73. The second-order valence-electron chi connectivity index (χ2n) is 4.17. The summed E-state index contributed by atoms with van der Waals surface area (Å²) < 4.78 is 5.09. The zero-order valence-corrected chi connectivity index (χ0v) is 11.0. The molecule has 0 aliphatic carbocycles. The highest BCUT2D eigenvalue weighted by Crippen LogP contribution is 2.25. The van der Waals surface area contributed by atoms with Crippen LogP contribution in [0.5, 0.6) is 0 Å². The van der Waals surface area contributed by atoms with Crippen LogP contribution in [0.2, 0.25) is 0 Å². The van der Waals surface area contributed by atoms with Crippen molar-refractivity contribution in [1.29, 1.82) is 0 Å². The van der Waals surface area contributed by atoms with Crippen molar-refractivity contribution in [3.8, 4) is 0 Å². The van der Waals surface area contributed by atoms with E-state index in [1.165, 1.54) is 5.56 Å². The van der Waals surface area contributed by atoms with Gasteiger partial charge >= 0.3 is 0 Å². The van der Waals surface area contributed by atoms with Gasteiger partial charge in [-0.3, -0.25) is 0 Å². The number of anilines is 1. The first-order valence-electron chi connectivity index (χ1n) is 6.14. The fourth-order valence-corrected chi connectivity index (χ4v) is 2.07. The molecule has 3 N–H and O–H groups in total. The average Bonchev–Trinajstić information content (AvgIpc) is 2.29. The van der Waals surface area contributed by atoms with Crippen LogP contribution < -0.4 is 11.1 Å². The standard InChI is InChI=1S/C13H23N3O/c1-4-15-11(6-5-9-17-3)12-10(2)7-8-16-13(12)14/h7-8,11,15H,4-6,9H2,1-3H3,(H2,14,16). The van der Waals surface area contributed by atoms with Gasteiger partial charge in [0, 0.05) is 31.5 Å². The normalized spacial score (nSPS) is 12.6. The molecule has 1 atom stereocenters. The molecule has 1 unspecified atom stereocenters. The number of methoxy groups -OCH3 is 1. The number of aromatic nitrogens is 1. The summed E-state index contributed by atoms with van der Waals surface area (Å²) in [5.74, 6) is 0.633. The highest BCUT2D eigenvalue weighted by molar-refractivity contribution is 5.46. The Balaban J connectivity index is 2.81. The minimum Gasteiger partial charge on any atom is -0.385 e. The topological polar surface area (TPSA) is 60.2 Å². The summed E-state index contributed by atoms with van der Waals surface area (Å²) in [5.41, 5.74) is 8.30. The lowest BCUT2D eigenvalue weighted by molar-refractivity contribution is 0.189. The van der Waals surface area contributed by atoms with Gasteiger partial charge in [-0.15, -0.1) is 0 Å². The first-order valence-corrected chi connectivity index (χ1v) is 6.14. The molecule has 0 saturated carbocycles. The molecule has 0 aliphatic heterocycles. The number of hydrogen-bond donors (Lipinski definition) is 2. The quantitative estimate of drug-likeness (QED) is 0.713. The Morgan fingerprint density at radius 2 is 2.29 bits per heavy atom. The first-order chi connectivity index (χ1) is 8.20. The number of hydrogen-bond acceptors (Lipinski definition) is 4. The molecular weight excluding hydrogens is 214 g/mol. The molecule has 0 saturated heterocycles. The summed E-state index contributed by atoms with van der Waals surface area (Å²) in [4.78, 5) is 4.18. The lowest BCUT2D eigenvalue weighted by Crippen LogP contribution is -2.23. The number of rotatable bonds is 7. The predicted molar refractivity (Wildman–Crippen MR) is 70.9 cm³/mol. The van der Waals surface area contributed by atoms with Gasteiger partial charge in [-0.1, -0.05) is 6.92 Å². The molecular formula is C13H23N3O. The summed E-state index contributed by atoms with van der Waals surface area (Å²) in [6.07, 6.45) is 3.78. The van der Waals surface area contributed by atoms with Gasteiger partial charge in [0.15, 0.2) is 0 Å². The maximum absolute atomic E-state index is 5.97. The number of nitrogens with zero attached hydrogens (tertiary/aromatic N) is 1. The maximum atomic E-state index is 5.97. The Morgan fingerprint density at radius 1 is 1.53 bits per heavy atom. The van der Waals surface area contributed by atoms with Crippen molar-refractivity contribution < 1.29 is 4.74 Å². The van der Waals surface area contributed by atoms with Crippen LogP contribution in [-0.2, 0) is 4.74 Å². The highest BCUT2D eigenvalue weighted by atomic mass is 16.5. The number of pyridine rings is 1. The Bertz CT molecular complexity index is 321. The van der Waals surface area contributed by atoms with E-state index >= 15 is 0 Å². The minimum atomic E-state index is 0.267. The predicted octanol–water partition coefficient (Wildman–Crippen LogP) is 2.05. The number of nitrogens with two attached hydrogens (primary N) is 1. The third-order valence-electron chi connectivity index (χ3n) is 2.88. The Morgan fingerprint density at radius 3 is 2.88 bits per heavy atom. The molecule has 17 heavy (non-hydrogen) atoms. The van der Waals surface area contributed by atoms with Crippen LogP contribution in [0.15, 0.2) is 12.3 Å². The molecule has 1 rings (SSSR count). The summed E-state index contributed by atoms with van der Waals surface area (Å²) in [5, 5.41) is 3.46. The fraction of sp³-hybridized carbons (Fsp3) is 0.615. The van der Waals surface area contributed by atoms with Gasteiger partial charge in [-0.25, -0.2) is 4.98 Å². The SMILES string of the molecule is CCNC(CCCOC)c1c(C)ccnc1N. The van der Waals surface area contributed by atoms with E-state index in [0.29, 0.717) is 5.82 Å². The molecule has 4 heteroatoms. The Kier molecular flexibility index (Phi) is 5.94. The van der Waals surface area contributed by atoms with Crippen molar-refractivity contribution in [2.45, 2.75) is 32.7 Å². The molecule has 1 aromatic rings. The van der Waals surface area contributed by atoms with Crippen LogP contribution in [0.4, 0.5) is 5.82 Å². The van der Waals surface area contributed by atoms with Crippen molar-refractivity contribution in [1.82, 2.24) is 10.3 Å². The lowest BCUT2D eigenvalue weighted by atomic mass is 9.98. The molecule has 96 valence electrons. The molecule has 0 aromatic carbocycles. The van der Waals surface area contributed by atoms with E-state index in [0.717, 1.165) is 31.6 Å². The van der Waals surface area contributed by atoms with Crippen LogP contribution in [0.25, 0.3) is 0 Å². The van der Waals surface area contributed by atoms with E-state index in [1.807, 2.05) is 6.07 Å². The van der Waals surface area contributed by atoms with E-state index in [4.69, 9.17) is 10.5 Å². The highest BCUT2D eigenvalue weighted by Gasteiger charge is 2.15. The zero-order chi connectivity index (χ0) is 12.7. The number of nitrogen functional groups attached to an aromatic ring is 1. The summed E-state index contributed by atoms with van der Waals surface area (Å²) in [6.45, 7) is 5.88. The van der Waals surface area contributed by atoms with Gasteiger partial charge in [-0.2, -0.15) is 0 Å². The molecule has 0 aliphatic rings. The van der Waals surface area contributed by atoms with Gasteiger partial charge in [0.05, 0.1) is 0 Å². The molecule has 0 spiro atoms. The molecule has 1 heterocycles.